The monoisotopic (exact) mass is 286 g/mol. The van der Waals surface area contributed by atoms with Gasteiger partial charge in [-0.15, -0.1) is 0 Å². The van der Waals surface area contributed by atoms with Crippen LogP contribution < -0.4 is 4.74 Å². The Hall–Kier alpha value is -1.03. The van der Waals surface area contributed by atoms with E-state index in [1.165, 1.54) is 5.56 Å². The maximum Gasteiger partial charge on any atom is 0.344 e. The number of halogens is 1. The zero-order chi connectivity index (χ0) is 12.1. The van der Waals surface area contributed by atoms with Gasteiger partial charge in [0.05, 0.1) is 4.47 Å². The first kappa shape index (κ1) is 13.0. The molecule has 0 aliphatic rings. The van der Waals surface area contributed by atoms with Gasteiger partial charge >= 0.3 is 5.97 Å². The van der Waals surface area contributed by atoms with Crippen molar-refractivity contribution in [3.63, 3.8) is 0 Å². The number of aryl methyl sites for hydroxylation is 1. The van der Waals surface area contributed by atoms with Crippen molar-refractivity contribution in [2.75, 3.05) is 0 Å². The largest absolute Gasteiger partial charge is 0.479 e. The van der Waals surface area contributed by atoms with Gasteiger partial charge < -0.3 is 9.84 Å². The number of hydrogen-bond acceptors (Lipinski definition) is 2. The van der Waals surface area contributed by atoms with E-state index in [1.54, 1.807) is 13.0 Å². The predicted octanol–water partition coefficient (Wildman–Crippen LogP) is 3.25. The van der Waals surface area contributed by atoms with Crippen molar-refractivity contribution in [2.24, 2.45) is 0 Å². The van der Waals surface area contributed by atoms with Gasteiger partial charge in [0.1, 0.15) is 5.75 Å². The molecule has 0 saturated carbocycles. The van der Waals surface area contributed by atoms with E-state index in [4.69, 9.17) is 9.84 Å². The lowest BCUT2D eigenvalue weighted by molar-refractivity contribution is -0.145. The van der Waals surface area contributed by atoms with E-state index in [0.29, 0.717) is 12.2 Å². The maximum atomic E-state index is 10.8. The lowest BCUT2D eigenvalue weighted by Crippen LogP contribution is -2.26. The highest BCUT2D eigenvalue weighted by atomic mass is 79.9. The van der Waals surface area contributed by atoms with Gasteiger partial charge in [-0.2, -0.15) is 0 Å². The molecular weight excluding hydrogens is 272 g/mol. The molecule has 1 aromatic carbocycles. The summed E-state index contributed by atoms with van der Waals surface area (Å²) in [6, 6.07) is 5.69. The third kappa shape index (κ3) is 3.23. The van der Waals surface area contributed by atoms with Crippen LogP contribution in [0.15, 0.2) is 22.7 Å². The Kier molecular flexibility index (Phi) is 4.80. The average molecular weight is 287 g/mol. The molecule has 0 aliphatic heterocycles. The molecule has 16 heavy (non-hydrogen) atoms. The topological polar surface area (TPSA) is 46.5 Å². The highest BCUT2D eigenvalue weighted by Crippen LogP contribution is 2.27. The summed E-state index contributed by atoms with van der Waals surface area (Å²) in [5, 5.41) is 8.89. The van der Waals surface area contributed by atoms with Crippen molar-refractivity contribution in [3.05, 3.63) is 28.2 Å². The van der Waals surface area contributed by atoms with Crippen molar-refractivity contribution in [1.82, 2.24) is 0 Å². The smallest absolute Gasteiger partial charge is 0.344 e. The van der Waals surface area contributed by atoms with Crippen molar-refractivity contribution in [1.29, 1.82) is 0 Å². The molecular formula is C12H15BrO3. The summed E-state index contributed by atoms with van der Waals surface area (Å²) in [6.45, 7) is 3.85. The van der Waals surface area contributed by atoms with Crippen LogP contribution in [0, 0.1) is 0 Å². The van der Waals surface area contributed by atoms with Gasteiger partial charge in [-0.05, 0) is 46.5 Å². The van der Waals surface area contributed by atoms with Crippen LogP contribution in [0.3, 0.4) is 0 Å². The number of aliphatic carboxylic acids is 1. The first-order valence-corrected chi connectivity index (χ1v) is 6.05. The van der Waals surface area contributed by atoms with E-state index >= 15 is 0 Å². The first-order chi connectivity index (χ1) is 7.58. The fraction of sp³-hybridized carbons (Fsp3) is 0.417. The first-order valence-electron chi connectivity index (χ1n) is 5.26. The van der Waals surface area contributed by atoms with E-state index in [-0.39, 0.29) is 0 Å². The van der Waals surface area contributed by atoms with Crippen molar-refractivity contribution >= 4 is 21.9 Å². The Labute approximate surface area is 104 Å². The Morgan fingerprint density at radius 3 is 2.62 bits per heavy atom. The van der Waals surface area contributed by atoms with Gasteiger partial charge in [0.25, 0.3) is 0 Å². The zero-order valence-electron chi connectivity index (χ0n) is 9.37. The number of carboxylic acid groups (broad SMARTS) is 1. The van der Waals surface area contributed by atoms with Crippen LogP contribution in [0.1, 0.15) is 25.8 Å². The predicted molar refractivity (Wildman–Crippen MR) is 65.9 cm³/mol. The summed E-state index contributed by atoms with van der Waals surface area (Å²) >= 11 is 3.38. The second kappa shape index (κ2) is 5.89. The third-order valence-corrected chi connectivity index (χ3v) is 2.94. The second-order valence-corrected chi connectivity index (χ2v) is 4.33. The average Bonchev–Trinajstić information content (AvgIpc) is 2.26. The molecule has 0 aliphatic carbocycles. The third-order valence-electron chi connectivity index (χ3n) is 2.32. The normalized spacial score (nSPS) is 12.2. The fourth-order valence-electron chi connectivity index (χ4n) is 1.32. The summed E-state index contributed by atoms with van der Waals surface area (Å²) in [6.07, 6.45) is 0.593. The van der Waals surface area contributed by atoms with Crippen LogP contribution in [0.4, 0.5) is 0 Å². The highest BCUT2D eigenvalue weighted by molar-refractivity contribution is 9.10. The fourth-order valence-corrected chi connectivity index (χ4v) is 1.84. The van der Waals surface area contributed by atoms with E-state index in [1.807, 2.05) is 12.1 Å². The molecule has 3 nitrogen and oxygen atoms in total. The Morgan fingerprint density at radius 2 is 2.19 bits per heavy atom. The van der Waals surface area contributed by atoms with Gasteiger partial charge in [0.2, 0.25) is 0 Å². The van der Waals surface area contributed by atoms with Gasteiger partial charge in [-0.3, -0.25) is 0 Å². The van der Waals surface area contributed by atoms with Crippen LogP contribution in [0.5, 0.6) is 5.75 Å². The Bertz CT molecular complexity index is 377. The summed E-state index contributed by atoms with van der Waals surface area (Å²) < 4.78 is 6.21. The SMILES string of the molecule is CCc1ccc(OC(CC)C(=O)O)c(Br)c1. The number of benzene rings is 1. The molecule has 0 amide bonds. The summed E-state index contributed by atoms with van der Waals surface area (Å²) in [5.41, 5.74) is 1.18. The summed E-state index contributed by atoms with van der Waals surface area (Å²) in [5.74, 6) is -0.361. The number of carbonyl (C=O) groups is 1. The molecule has 1 aromatic rings. The maximum absolute atomic E-state index is 10.8. The van der Waals surface area contributed by atoms with Crippen LogP contribution in [0.25, 0.3) is 0 Å². The molecule has 0 heterocycles. The molecule has 0 aromatic heterocycles. The molecule has 1 N–H and O–H groups in total. The molecule has 1 unspecified atom stereocenters. The van der Waals surface area contributed by atoms with Crippen molar-refractivity contribution < 1.29 is 14.6 Å². The van der Waals surface area contributed by atoms with Crippen molar-refractivity contribution in [2.45, 2.75) is 32.8 Å². The number of rotatable bonds is 5. The van der Waals surface area contributed by atoms with E-state index < -0.39 is 12.1 Å². The van der Waals surface area contributed by atoms with E-state index in [2.05, 4.69) is 22.9 Å². The molecule has 4 heteroatoms. The molecule has 0 radical (unpaired) electrons. The molecule has 1 atom stereocenters. The van der Waals surface area contributed by atoms with Crippen molar-refractivity contribution in [3.8, 4) is 5.75 Å². The van der Waals surface area contributed by atoms with Crippen LogP contribution in [-0.4, -0.2) is 17.2 Å². The highest BCUT2D eigenvalue weighted by Gasteiger charge is 2.17. The van der Waals surface area contributed by atoms with Gasteiger partial charge in [0.15, 0.2) is 6.10 Å². The van der Waals surface area contributed by atoms with Gasteiger partial charge in [-0.25, -0.2) is 4.79 Å². The molecule has 0 fully saturated rings. The lowest BCUT2D eigenvalue weighted by Gasteiger charge is -2.14. The minimum atomic E-state index is -0.936. The number of carboxylic acids is 1. The number of hydrogen-bond donors (Lipinski definition) is 1. The summed E-state index contributed by atoms with van der Waals surface area (Å²) in [4.78, 5) is 10.8. The molecule has 0 bridgehead atoms. The van der Waals surface area contributed by atoms with Gasteiger partial charge in [-0.1, -0.05) is 19.9 Å². The quantitative estimate of drug-likeness (QED) is 0.904. The van der Waals surface area contributed by atoms with Crippen LogP contribution >= 0.6 is 15.9 Å². The lowest BCUT2D eigenvalue weighted by atomic mass is 10.2. The van der Waals surface area contributed by atoms with E-state index in [0.717, 1.165) is 10.9 Å². The second-order valence-electron chi connectivity index (χ2n) is 3.47. The van der Waals surface area contributed by atoms with E-state index in [9.17, 15) is 4.79 Å². The van der Waals surface area contributed by atoms with Crippen LogP contribution in [-0.2, 0) is 11.2 Å². The minimum absolute atomic E-state index is 0.442. The molecule has 0 spiro atoms. The van der Waals surface area contributed by atoms with Gasteiger partial charge in [0, 0.05) is 0 Å². The molecule has 0 saturated heterocycles. The zero-order valence-corrected chi connectivity index (χ0v) is 11.0. The standard InChI is InChI=1S/C12H15BrO3/c1-3-8-5-6-11(9(13)7-8)16-10(4-2)12(14)15/h5-7,10H,3-4H2,1-2H3,(H,14,15). The molecule has 1 rings (SSSR count). The Balaban J connectivity index is 2.84. The molecule has 88 valence electrons. The Morgan fingerprint density at radius 1 is 1.50 bits per heavy atom. The number of ether oxygens (including phenoxy) is 1. The minimum Gasteiger partial charge on any atom is -0.479 e. The van der Waals surface area contributed by atoms with Crippen LogP contribution in [0.2, 0.25) is 0 Å². The summed E-state index contributed by atoms with van der Waals surface area (Å²) in [7, 11) is 0.